The van der Waals surface area contributed by atoms with Crippen LogP contribution in [0.25, 0.3) is 0 Å². The molecule has 2 N–H and O–H groups in total. The summed E-state index contributed by atoms with van der Waals surface area (Å²) in [7, 11) is 0. The Morgan fingerprint density at radius 2 is 1.56 bits per heavy atom. The minimum absolute atomic E-state index is 0.0585. The Bertz CT molecular complexity index is 496. The lowest BCUT2D eigenvalue weighted by molar-refractivity contribution is 0.282. The topological polar surface area (TPSA) is 32.3 Å². The van der Waals surface area contributed by atoms with Gasteiger partial charge in [-0.05, 0) is 17.2 Å². The van der Waals surface area contributed by atoms with Crippen molar-refractivity contribution in [3.8, 4) is 0 Å². The molecule has 0 radical (unpaired) electrons. The highest BCUT2D eigenvalue weighted by atomic mass is 19.1. The molecule has 0 aliphatic rings. The second kappa shape index (κ2) is 6.28. The van der Waals surface area contributed by atoms with Gasteiger partial charge in [-0.15, -0.1) is 0 Å². The zero-order valence-electron chi connectivity index (χ0n) is 10.1. The number of hydrogen-bond donors (Lipinski definition) is 2. The van der Waals surface area contributed by atoms with Crippen molar-refractivity contribution in [2.75, 3.05) is 0 Å². The van der Waals surface area contributed by atoms with E-state index in [1.165, 1.54) is 6.07 Å². The maximum atomic E-state index is 13.3. The predicted molar refractivity (Wildman–Crippen MR) is 69.3 cm³/mol. The van der Waals surface area contributed by atoms with Crippen LogP contribution in [0.2, 0.25) is 0 Å². The van der Waals surface area contributed by atoms with E-state index in [1.54, 1.807) is 12.1 Å². The van der Waals surface area contributed by atoms with Crippen LogP contribution in [0.15, 0.2) is 48.5 Å². The summed E-state index contributed by atoms with van der Waals surface area (Å²) in [5, 5.41) is 12.1. The summed E-state index contributed by atoms with van der Waals surface area (Å²) in [5.74, 6) is -0.180. The summed E-state index contributed by atoms with van der Waals surface area (Å²) in [6, 6.07) is 14.5. The third kappa shape index (κ3) is 3.39. The van der Waals surface area contributed by atoms with Crippen molar-refractivity contribution in [1.82, 2.24) is 5.32 Å². The fourth-order valence-electron chi connectivity index (χ4n) is 1.75. The highest BCUT2D eigenvalue weighted by molar-refractivity contribution is 5.22. The number of hydrogen-bond acceptors (Lipinski definition) is 2. The van der Waals surface area contributed by atoms with Crippen LogP contribution < -0.4 is 5.32 Å². The van der Waals surface area contributed by atoms with Gasteiger partial charge in [0.25, 0.3) is 0 Å². The summed E-state index contributed by atoms with van der Waals surface area (Å²) >= 11 is 0. The molecule has 0 saturated heterocycles. The second-order valence-electron chi connectivity index (χ2n) is 4.17. The lowest BCUT2D eigenvalue weighted by Crippen LogP contribution is -2.13. The van der Waals surface area contributed by atoms with Crippen LogP contribution in [0.5, 0.6) is 0 Å². The van der Waals surface area contributed by atoms with Crippen LogP contribution in [-0.2, 0) is 19.7 Å². The van der Waals surface area contributed by atoms with Crippen LogP contribution in [0.3, 0.4) is 0 Å². The van der Waals surface area contributed by atoms with Crippen molar-refractivity contribution in [3.63, 3.8) is 0 Å². The molecule has 2 aromatic rings. The number of nitrogens with one attached hydrogen (secondary N) is 1. The van der Waals surface area contributed by atoms with Gasteiger partial charge in [-0.25, -0.2) is 4.39 Å². The average molecular weight is 245 g/mol. The van der Waals surface area contributed by atoms with Gasteiger partial charge in [-0.3, -0.25) is 0 Å². The number of rotatable bonds is 5. The SMILES string of the molecule is OCc1ccc(CNCc2ccccc2F)cc1. The van der Waals surface area contributed by atoms with Crippen molar-refractivity contribution in [3.05, 3.63) is 71.0 Å². The van der Waals surface area contributed by atoms with Gasteiger partial charge in [0, 0.05) is 18.7 Å². The maximum Gasteiger partial charge on any atom is 0.127 e. The van der Waals surface area contributed by atoms with E-state index in [2.05, 4.69) is 5.32 Å². The summed E-state index contributed by atoms with van der Waals surface area (Å²) < 4.78 is 13.3. The summed E-state index contributed by atoms with van der Waals surface area (Å²) in [6.45, 7) is 1.25. The lowest BCUT2D eigenvalue weighted by Gasteiger charge is -2.06. The normalized spacial score (nSPS) is 10.6. The smallest absolute Gasteiger partial charge is 0.127 e. The molecule has 0 amide bonds. The quantitative estimate of drug-likeness (QED) is 0.848. The Labute approximate surface area is 106 Å². The first-order chi connectivity index (χ1) is 8.79. The average Bonchev–Trinajstić information content (AvgIpc) is 2.42. The van der Waals surface area contributed by atoms with Crippen LogP contribution in [0.4, 0.5) is 4.39 Å². The molecule has 0 aromatic heterocycles. The molecule has 0 unspecified atom stereocenters. The van der Waals surface area contributed by atoms with E-state index < -0.39 is 0 Å². The van der Waals surface area contributed by atoms with Crippen molar-refractivity contribution >= 4 is 0 Å². The highest BCUT2D eigenvalue weighted by Crippen LogP contribution is 2.07. The molecule has 0 bridgehead atoms. The Kier molecular flexibility index (Phi) is 4.45. The molecule has 94 valence electrons. The molecule has 2 rings (SSSR count). The molecular weight excluding hydrogens is 229 g/mol. The molecule has 0 saturated carbocycles. The van der Waals surface area contributed by atoms with E-state index >= 15 is 0 Å². The van der Waals surface area contributed by atoms with Crippen molar-refractivity contribution in [2.24, 2.45) is 0 Å². The molecule has 18 heavy (non-hydrogen) atoms. The standard InChI is InChI=1S/C15H16FNO/c16-15-4-2-1-3-14(15)10-17-9-12-5-7-13(11-18)8-6-12/h1-8,17-18H,9-11H2. The molecule has 0 atom stereocenters. The van der Waals surface area contributed by atoms with E-state index in [9.17, 15) is 4.39 Å². The highest BCUT2D eigenvalue weighted by Gasteiger charge is 2.00. The van der Waals surface area contributed by atoms with Crippen molar-refractivity contribution in [2.45, 2.75) is 19.7 Å². The number of halogens is 1. The lowest BCUT2D eigenvalue weighted by atomic mass is 10.1. The fourth-order valence-corrected chi connectivity index (χ4v) is 1.75. The van der Waals surface area contributed by atoms with Crippen molar-refractivity contribution < 1.29 is 9.50 Å². The summed E-state index contributed by atoms with van der Waals surface area (Å²) in [4.78, 5) is 0. The Hall–Kier alpha value is -1.71. The monoisotopic (exact) mass is 245 g/mol. The molecule has 2 nitrogen and oxygen atoms in total. The Balaban J connectivity index is 1.86. The van der Waals surface area contributed by atoms with Gasteiger partial charge >= 0.3 is 0 Å². The van der Waals surface area contributed by atoms with Crippen LogP contribution in [-0.4, -0.2) is 5.11 Å². The predicted octanol–water partition coefficient (Wildman–Crippen LogP) is 2.61. The molecule has 3 heteroatoms. The number of aliphatic hydroxyl groups is 1. The largest absolute Gasteiger partial charge is 0.392 e. The maximum absolute atomic E-state index is 13.3. The summed E-state index contributed by atoms with van der Waals surface area (Å²) in [6.07, 6.45) is 0. The third-order valence-corrected chi connectivity index (χ3v) is 2.81. The number of benzene rings is 2. The minimum Gasteiger partial charge on any atom is -0.392 e. The fraction of sp³-hybridized carbons (Fsp3) is 0.200. The molecule has 0 aliphatic carbocycles. The molecule has 2 aromatic carbocycles. The van der Waals surface area contributed by atoms with Crippen LogP contribution in [0.1, 0.15) is 16.7 Å². The molecule has 0 heterocycles. The van der Waals surface area contributed by atoms with E-state index in [0.717, 1.165) is 11.1 Å². The molecule has 0 fully saturated rings. The summed E-state index contributed by atoms with van der Waals surface area (Å²) in [5.41, 5.74) is 2.68. The zero-order valence-corrected chi connectivity index (χ0v) is 10.1. The minimum atomic E-state index is -0.180. The van der Waals surface area contributed by atoms with Gasteiger partial charge < -0.3 is 10.4 Å². The first-order valence-corrected chi connectivity index (χ1v) is 5.92. The first-order valence-electron chi connectivity index (χ1n) is 5.92. The van der Waals surface area contributed by atoms with Crippen LogP contribution >= 0.6 is 0 Å². The molecular formula is C15H16FNO. The van der Waals surface area contributed by atoms with Gasteiger partial charge in [0.1, 0.15) is 5.82 Å². The van der Waals surface area contributed by atoms with Gasteiger partial charge in [0.15, 0.2) is 0 Å². The van der Waals surface area contributed by atoms with E-state index in [0.29, 0.717) is 18.7 Å². The van der Waals surface area contributed by atoms with Gasteiger partial charge in [0.05, 0.1) is 6.61 Å². The molecule has 0 aliphatic heterocycles. The Morgan fingerprint density at radius 3 is 2.22 bits per heavy atom. The van der Waals surface area contributed by atoms with Crippen molar-refractivity contribution in [1.29, 1.82) is 0 Å². The zero-order chi connectivity index (χ0) is 12.8. The third-order valence-electron chi connectivity index (χ3n) is 2.81. The molecule has 0 spiro atoms. The van der Waals surface area contributed by atoms with Crippen LogP contribution in [0, 0.1) is 5.82 Å². The Morgan fingerprint density at radius 1 is 0.889 bits per heavy atom. The van der Waals surface area contributed by atoms with Gasteiger partial charge in [-0.2, -0.15) is 0 Å². The van der Waals surface area contributed by atoms with Gasteiger partial charge in [-0.1, -0.05) is 42.5 Å². The van der Waals surface area contributed by atoms with Gasteiger partial charge in [0.2, 0.25) is 0 Å². The second-order valence-corrected chi connectivity index (χ2v) is 4.17. The number of aliphatic hydroxyl groups excluding tert-OH is 1. The van der Waals surface area contributed by atoms with E-state index in [1.807, 2.05) is 30.3 Å². The van der Waals surface area contributed by atoms with E-state index in [-0.39, 0.29) is 12.4 Å². The first kappa shape index (κ1) is 12.7. The van der Waals surface area contributed by atoms with E-state index in [4.69, 9.17) is 5.11 Å².